The van der Waals surface area contributed by atoms with Crippen molar-refractivity contribution >= 4 is 11.8 Å². The SMILES string of the molecule is CCc1cc(C(=O)N2CCNC[C@@H]2c2cccc(C(=O)NC)c2)no1. The van der Waals surface area contributed by atoms with Crippen molar-refractivity contribution in [2.75, 3.05) is 26.7 Å². The largest absolute Gasteiger partial charge is 0.361 e. The van der Waals surface area contributed by atoms with Gasteiger partial charge < -0.3 is 20.1 Å². The lowest BCUT2D eigenvalue weighted by Gasteiger charge is -2.36. The molecule has 1 aliphatic rings. The van der Waals surface area contributed by atoms with Crippen molar-refractivity contribution in [2.45, 2.75) is 19.4 Å². The first kappa shape index (κ1) is 17.2. The van der Waals surface area contributed by atoms with Crippen LogP contribution in [0.5, 0.6) is 0 Å². The summed E-state index contributed by atoms with van der Waals surface area (Å²) in [5, 5.41) is 9.83. The van der Waals surface area contributed by atoms with Gasteiger partial charge in [0.05, 0.1) is 6.04 Å². The van der Waals surface area contributed by atoms with Crippen LogP contribution in [0.1, 0.15) is 45.1 Å². The molecule has 0 spiro atoms. The van der Waals surface area contributed by atoms with Crippen molar-refractivity contribution in [2.24, 2.45) is 0 Å². The normalized spacial score (nSPS) is 17.4. The van der Waals surface area contributed by atoms with Gasteiger partial charge in [0.25, 0.3) is 11.8 Å². The van der Waals surface area contributed by atoms with Gasteiger partial charge in [0.2, 0.25) is 0 Å². The fourth-order valence-electron chi connectivity index (χ4n) is 3.00. The molecule has 1 fully saturated rings. The summed E-state index contributed by atoms with van der Waals surface area (Å²) in [5.74, 6) is 0.393. The minimum absolute atomic E-state index is 0.146. The van der Waals surface area contributed by atoms with Crippen LogP contribution in [0.15, 0.2) is 34.9 Å². The van der Waals surface area contributed by atoms with Crippen LogP contribution in [0.2, 0.25) is 0 Å². The number of nitrogens with one attached hydrogen (secondary N) is 2. The maximum absolute atomic E-state index is 12.9. The number of nitrogens with zero attached hydrogens (tertiary/aromatic N) is 2. The number of rotatable bonds is 4. The standard InChI is InChI=1S/C18H22N4O3/c1-3-14-10-15(21-25-14)18(24)22-8-7-20-11-16(22)12-5-4-6-13(9-12)17(23)19-2/h4-6,9-10,16,20H,3,7-8,11H2,1-2H3,(H,19,23)/t16-/m1/s1. The van der Waals surface area contributed by atoms with Gasteiger partial charge in [-0.1, -0.05) is 24.2 Å². The summed E-state index contributed by atoms with van der Waals surface area (Å²) >= 11 is 0. The Morgan fingerprint density at radius 1 is 1.40 bits per heavy atom. The van der Waals surface area contributed by atoms with Gasteiger partial charge in [0.1, 0.15) is 5.76 Å². The van der Waals surface area contributed by atoms with Crippen LogP contribution in [0.3, 0.4) is 0 Å². The van der Waals surface area contributed by atoms with E-state index in [0.29, 0.717) is 36.5 Å². The molecule has 7 heteroatoms. The first-order chi connectivity index (χ1) is 12.1. The van der Waals surface area contributed by atoms with Gasteiger partial charge >= 0.3 is 0 Å². The summed E-state index contributed by atoms with van der Waals surface area (Å²) in [7, 11) is 1.60. The summed E-state index contributed by atoms with van der Waals surface area (Å²) in [4.78, 5) is 26.6. The van der Waals surface area contributed by atoms with Gasteiger partial charge in [-0.2, -0.15) is 0 Å². The highest BCUT2D eigenvalue weighted by Crippen LogP contribution is 2.25. The molecule has 1 atom stereocenters. The Balaban J connectivity index is 1.88. The summed E-state index contributed by atoms with van der Waals surface area (Å²) < 4.78 is 5.17. The van der Waals surface area contributed by atoms with Gasteiger partial charge in [-0.15, -0.1) is 0 Å². The second-order valence-electron chi connectivity index (χ2n) is 5.96. The maximum atomic E-state index is 12.9. The fraction of sp³-hybridized carbons (Fsp3) is 0.389. The molecule has 3 rings (SSSR count). The summed E-state index contributed by atoms with van der Waals surface area (Å²) in [5.41, 5.74) is 1.82. The van der Waals surface area contributed by atoms with Crippen molar-refractivity contribution in [3.8, 4) is 0 Å². The predicted molar refractivity (Wildman–Crippen MR) is 92.4 cm³/mol. The van der Waals surface area contributed by atoms with Crippen molar-refractivity contribution in [1.82, 2.24) is 20.7 Å². The topological polar surface area (TPSA) is 87.5 Å². The molecule has 2 N–H and O–H groups in total. The summed E-state index contributed by atoms with van der Waals surface area (Å²) in [6, 6.07) is 8.90. The van der Waals surface area contributed by atoms with Crippen LogP contribution in [-0.2, 0) is 6.42 Å². The zero-order chi connectivity index (χ0) is 17.8. The number of aryl methyl sites for hydroxylation is 1. The van der Waals surface area contributed by atoms with E-state index < -0.39 is 0 Å². The predicted octanol–water partition coefficient (Wildman–Crippen LogP) is 1.38. The van der Waals surface area contributed by atoms with E-state index in [2.05, 4.69) is 15.8 Å². The van der Waals surface area contributed by atoms with Gasteiger partial charge in [0, 0.05) is 44.7 Å². The third-order valence-electron chi connectivity index (χ3n) is 4.39. The van der Waals surface area contributed by atoms with Crippen molar-refractivity contribution in [3.05, 3.63) is 52.9 Å². The molecular formula is C18H22N4O3. The molecule has 7 nitrogen and oxygen atoms in total. The van der Waals surface area contributed by atoms with Crippen LogP contribution in [0.25, 0.3) is 0 Å². The molecule has 0 saturated carbocycles. The first-order valence-corrected chi connectivity index (χ1v) is 8.43. The van der Waals surface area contributed by atoms with E-state index in [-0.39, 0.29) is 17.9 Å². The molecule has 132 valence electrons. The number of hydrogen-bond acceptors (Lipinski definition) is 5. The second kappa shape index (κ2) is 7.48. The Labute approximate surface area is 146 Å². The molecule has 2 heterocycles. The minimum Gasteiger partial charge on any atom is -0.361 e. The quantitative estimate of drug-likeness (QED) is 0.877. The Morgan fingerprint density at radius 3 is 2.96 bits per heavy atom. The number of aromatic nitrogens is 1. The van der Waals surface area contributed by atoms with Gasteiger partial charge in [-0.05, 0) is 17.7 Å². The molecule has 1 aromatic carbocycles. The molecule has 1 aromatic heterocycles. The first-order valence-electron chi connectivity index (χ1n) is 8.43. The van der Waals surface area contributed by atoms with Crippen LogP contribution in [-0.4, -0.2) is 48.6 Å². The molecule has 25 heavy (non-hydrogen) atoms. The summed E-state index contributed by atoms with van der Waals surface area (Å²) in [6.07, 6.45) is 0.694. The van der Waals surface area contributed by atoms with E-state index in [1.165, 1.54) is 0 Å². The van der Waals surface area contributed by atoms with Gasteiger partial charge in [-0.25, -0.2) is 0 Å². The molecule has 0 bridgehead atoms. The molecule has 2 aromatic rings. The molecule has 1 aliphatic heterocycles. The minimum atomic E-state index is -0.160. The molecular weight excluding hydrogens is 320 g/mol. The highest BCUT2D eigenvalue weighted by atomic mass is 16.5. The fourth-order valence-corrected chi connectivity index (χ4v) is 3.00. The van der Waals surface area contributed by atoms with Crippen molar-refractivity contribution in [3.63, 3.8) is 0 Å². The number of piperazine rings is 1. The lowest BCUT2D eigenvalue weighted by atomic mass is 10.00. The Morgan fingerprint density at radius 2 is 2.24 bits per heavy atom. The van der Waals surface area contributed by atoms with Crippen LogP contribution in [0.4, 0.5) is 0 Å². The third kappa shape index (κ3) is 3.56. The monoisotopic (exact) mass is 342 g/mol. The number of benzene rings is 1. The number of carbonyl (C=O) groups is 2. The smallest absolute Gasteiger partial charge is 0.276 e. The zero-order valence-corrected chi connectivity index (χ0v) is 14.4. The molecule has 0 unspecified atom stereocenters. The maximum Gasteiger partial charge on any atom is 0.276 e. The van der Waals surface area contributed by atoms with E-state index >= 15 is 0 Å². The number of amides is 2. The third-order valence-corrected chi connectivity index (χ3v) is 4.39. The summed E-state index contributed by atoms with van der Waals surface area (Å²) in [6.45, 7) is 3.87. The lowest BCUT2D eigenvalue weighted by molar-refractivity contribution is 0.0623. The average Bonchev–Trinajstić information content (AvgIpc) is 3.16. The Kier molecular flexibility index (Phi) is 5.14. The highest BCUT2D eigenvalue weighted by Gasteiger charge is 2.30. The molecule has 1 saturated heterocycles. The second-order valence-corrected chi connectivity index (χ2v) is 5.96. The average molecular weight is 342 g/mol. The van der Waals surface area contributed by atoms with E-state index in [4.69, 9.17) is 4.52 Å². The van der Waals surface area contributed by atoms with Crippen molar-refractivity contribution < 1.29 is 14.1 Å². The van der Waals surface area contributed by atoms with Crippen LogP contribution < -0.4 is 10.6 Å². The molecule has 0 aliphatic carbocycles. The van der Waals surface area contributed by atoms with Crippen LogP contribution in [0, 0.1) is 0 Å². The molecule has 2 amide bonds. The number of carbonyl (C=O) groups excluding carboxylic acids is 2. The van der Waals surface area contributed by atoms with Crippen molar-refractivity contribution in [1.29, 1.82) is 0 Å². The zero-order valence-electron chi connectivity index (χ0n) is 14.4. The van der Waals surface area contributed by atoms with E-state index in [0.717, 1.165) is 12.1 Å². The lowest BCUT2D eigenvalue weighted by Crippen LogP contribution is -2.48. The Hall–Kier alpha value is -2.67. The van der Waals surface area contributed by atoms with E-state index in [9.17, 15) is 9.59 Å². The number of hydrogen-bond donors (Lipinski definition) is 2. The van der Waals surface area contributed by atoms with Crippen LogP contribution >= 0.6 is 0 Å². The van der Waals surface area contributed by atoms with E-state index in [1.54, 1.807) is 24.1 Å². The van der Waals surface area contributed by atoms with Gasteiger partial charge in [-0.3, -0.25) is 9.59 Å². The Bertz CT molecular complexity index is 771. The highest BCUT2D eigenvalue weighted by molar-refractivity contribution is 5.94. The molecule has 0 radical (unpaired) electrons. The van der Waals surface area contributed by atoms with E-state index in [1.807, 2.05) is 25.1 Å². The van der Waals surface area contributed by atoms with Gasteiger partial charge in [0.15, 0.2) is 5.69 Å².